The summed E-state index contributed by atoms with van der Waals surface area (Å²) in [5.74, 6) is -0.816. The van der Waals surface area contributed by atoms with Crippen LogP contribution in [-0.2, 0) is 11.3 Å². The van der Waals surface area contributed by atoms with E-state index in [2.05, 4.69) is 5.32 Å². The Morgan fingerprint density at radius 2 is 1.55 bits per heavy atom. The van der Waals surface area contributed by atoms with Crippen LogP contribution in [0.3, 0.4) is 0 Å². The maximum atomic E-state index is 12.9. The molecular formula is C17H18F2N2O. The molecule has 0 spiro atoms. The quantitative estimate of drug-likeness (QED) is 0.918. The average molecular weight is 304 g/mol. The molecule has 1 amide bonds. The lowest BCUT2D eigenvalue weighted by molar-refractivity contribution is -0.120. The summed E-state index contributed by atoms with van der Waals surface area (Å²) in [5.41, 5.74) is 1.47. The number of anilines is 1. The van der Waals surface area contributed by atoms with Crippen molar-refractivity contribution in [2.45, 2.75) is 19.5 Å². The van der Waals surface area contributed by atoms with Gasteiger partial charge in [0.2, 0.25) is 5.91 Å². The Morgan fingerprint density at radius 1 is 1.05 bits per heavy atom. The molecule has 1 atom stereocenters. The van der Waals surface area contributed by atoms with Gasteiger partial charge in [0.1, 0.15) is 11.6 Å². The van der Waals surface area contributed by atoms with E-state index in [1.54, 1.807) is 19.1 Å². The Labute approximate surface area is 128 Å². The van der Waals surface area contributed by atoms with E-state index in [-0.39, 0.29) is 23.6 Å². The van der Waals surface area contributed by atoms with Gasteiger partial charge in [0, 0.05) is 12.2 Å². The first kappa shape index (κ1) is 16.1. The molecule has 22 heavy (non-hydrogen) atoms. The fraction of sp³-hybridized carbons (Fsp3) is 0.235. The number of hydrogen-bond acceptors (Lipinski definition) is 2. The highest BCUT2D eigenvalue weighted by Gasteiger charge is 2.18. The number of likely N-dealkylation sites (N-methyl/N-ethyl adjacent to an activating group) is 1. The van der Waals surface area contributed by atoms with Crippen molar-refractivity contribution in [3.05, 3.63) is 65.7 Å². The minimum atomic E-state index is -0.380. The zero-order valence-corrected chi connectivity index (χ0v) is 12.5. The van der Waals surface area contributed by atoms with Crippen LogP contribution in [0.15, 0.2) is 48.5 Å². The molecule has 0 saturated heterocycles. The van der Waals surface area contributed by atoms with Crippen molar-refractivity contribution < 1.29 is 13.6 Å². The van der Waals surface area contributed by atoms with Crippen molar-refractivity contribution >= 4 is 11.6 Å². The van der Waals surface area contributed by atoms with Gasteiger partial charge in [-0.3, -0.25) is 9.69 Å². The van der Waals surface area contributed by atoms with Crippen molar-refractivity contribution in [3.8, 4) is 0 Å². The second kappa shape index (κ2) is 7.13. The standard InChI is InChI=1S/C17H18F2N2O/c1-12(17(22)20-16-9-7-15(19)8-10-16)21(2)11-13-3-5-14(18)6-4-13/h3-10,12H,11H2,1-2H3,(H,20,22)/t12-/m0/s1. The largest absolute Gasteiger partial charge is 0.325 e. The minimum Gasteiger partial charge on any atom is -0.325 e. The van der Waals surface area contributed by atoms with Gasteiger partial charge < -0.3 is 5.32 Å². The van der Waals surface area contributed by atoms with Gasteiger partial charge in [0.05, 0.1) is 6.04 Å². The second-order valence-corrected chi connectivity index (χ2v) is 5.21. The highest BCUT2D eigenvalue weighted by Crippen LogP contribution is 2.12. The number of amides is 1. The summed E-state index contributed by atoms with van der Waals surface area (Å²) in [6, 6.07) is 11.4. The molecule has 0 aliphatic rings. The summed E-state index contributed by atoms with van der Waals surface area (Å²) < 4.78 is 25.7. The lowest BCUT2D eigenvalue weighted by Gasteiger charge is -2.24. The van der Waals surface area contributed by atoms with Crippen molar-refractivity contribution in [2.24, 2.45) is 0 Å². The van der Waals surface area contributed by atoms with E-state index in [4.69, 9.17) is 0 Å². The van der Waals surface area contributed by atoms with Crippen molar-refractivity contribution in [1.82, 2.24) is 4.90 Å². The molecule has 0 aromatic heterocycles. The van der Waals surface area contributed by atoms with Gasteiger partial charge in [0.15, 0.2) is 0 Å². The zero-order valence-electron chi connectivity index (χ0n) is 12.5. The Hall–Kier alpha value is -2.27. The molecule has 0 heterocycles. The van der Waals surface area contributed by atoms with Crippen LogP contribution in [0.2, 0.25) is 0 Å². The van der Waals surface area contributed by atoms with E-state index >= 15 is 0 Å². The molecular weight excluding hydrogens is 286 g/mol. The van der Waals surface area contributed by atoms with Gasteiger partial charge in [-0.25, -0.2) is 8.78 Å². The molecule has 0 saturated carbocycles. The summed E-state index contributed by atoms with van der Waals surface area (Å²) >= 11 is 0. The molecule has 0 radical (unpaired) electrons. The van der Waals surface area contributed by atoms with Crippen LogP contribution < -0.4 is 5.32 Å². The van der Waals surface area contributed by atoms with E-state index in [1.165, 1.54) is 36.4 Å². The average Bonchev–Trinajstić information content (AvgIpc) is 2.51. The second-order valence-electron chi connectivity index (χ2n) is 5.21. The molecule has 0 aliphatic carbocycles. The number of halogens is 2. The van der Waals surface area contributed by atoms with Gasteiger partial charge >= 0.3 is 0 Å². The Morgan fingerprint density at radius 3 is 2.09 bits per heavy atom. The number of hydrogen-bond donors (Lipinski definition) is 1. The third-order valence-electron chi connectivity index (χ3n) is 3.50. The van der Waals surface area contributed by atoms with Crippen LogP contribution in [-0.4, -0.2) is 23.9 Å². The minimum absolute atomic E-state index is 0.184. The first-order valence-electron chi connectivity index (χ1n) is 6.97. The SMILES string of the molecule is C[C@@H](C(=O)Nc1ccc(F)cc1)N(C)Cc1ccc(F)cc1. The van der Waals surface area contributed by atoms with Crippen LogP contribution >= 0.6 is 0 Å². The van der Waals surface area contributed by atoms with Crippen LogP contribution in [0.1, 0.15) is 12.5 Å². The highest BCUT2D eigenvalue weighted by molar-refractivity contribution is 5.94. The van der Waals surface area contributed by atoms with E-state index < -0.39 is 0 Å². The number of benzene rings is 2. The molecule has 2 aromatic carbocycles. The van der Waals surface area contributed by atoms with Crippen LogP contribution in [0.4, 0.5) is 14.5 Å². The molecule has 2 aromatic rings. The Balaban J connectivity index is 1.94. The predicted molar refractivity (Wildman–Crippen MR) is 82.4 cm³/mol. The predicted octanol–water partition coefficient (Wildman–Crippen LogP) is 3.42. The zero-order chi connectivity index (χ0) is 16.1. The third-order valence-corrected chi connectivity index (χ3v) is 3.50. The highest BCUT2D eigenvalue weighted by atomic mass is 19.1. The first-order valence-corrected chi connectivity index (χ1v) is 6.97. The molecule has 5 heteroatoms. The number of carbonyl (C=O) groups is 1. The van der Waals surface area contributed by atoms with Crippen molar-refractivity contribution in [1.29, 1.82) is 0 Å². The Kier molecular flexibility index (Phi) is 5.22. The van der Waals surface area contributed by atoms with Crippen molar-refractivity contribution in [3.63, 3.8) is 0 Å². The van der Waals surface area contributed by atoms with Crippen molar-refractivity contribution in [2.75, 3.05) is 12.4 Å². The summed E-state index contributed by atoms with van der Waals surface area (Å²) in [6.07, 6.45) is 0. The molecule has 3 nitrogen and oxygen atoms in total. The van der Waals surface area contributed by atoms with Crippen LogP contribution in [0, 0.1) is 11.6 Å². The molecule has 0 unspecified atom stereocenters. The van der Waals surface area contributed by atoms with E-state index in [1.807, 2.05) is 11.9 Å². The van der Waals surface area contributed by atoms with E-state index in [0.29, 0.717) is 12.2 Å². The van der Waals surface area contributed by atoms with Crippen LogP contribution in [0.5, 0.6) is 0 Å². The van der Waals surface area contributed by atoms with Gasteiger partial charge in [-0.2, -0.15) is 0 Å². The van der Waals surface area contributed by atoms with Crippen LogP contribution in [0.25, 0.3) is 0 Å². The Bertz CT molecular complexity index is 626. The van der Waals surface area contributed by atoms with Gasteiger partial charge in [0.25, 0.3) is 0 Å². The summed E-state index contributed by atoms with van der Waals surface area (Å²) in [7, 11) is 1.82. The number of nitrogens with one attached hydrogen (secondary N) is 1. The molecule has 2 rings (SSSR count). The lowest BCUT2D eigenvalue weighted by Crippen LogP contribution is -2.39. The van der Waals surface area contributed by atoms with Gasteiger partial charge in [-0.15, -0.1) is 0 Å². The summed E-state index contributed by atoms with van der Waals surface area (Å²) in [4.78, 5) is 14.0. The fourth-order valence-electron chi connectivity index (χ4n) is 1.99. The van der Waals surface area contributed by atoms with E-state index in [0.717, 1.165) is 5.56 Å². The topological polar surface area (TPSA) is 32.3 Å². The molecule has 1 N–H and O–H groups in total. The number of rotatable bonds is 5. The molecule has 0 fully saturated rings. The molecule has 0 bridgehead atoms. The lowest BCUT2D eigenvalue weighted by atomic mass is 10.2. The maximum absolute atomic E-state index is 12.9. The molecule has 0 aliphatic heterocycles. The smallest absolute Gasteiger partial charge is 0.241 e. The summed E-state index contributed by atoms with van der Waals surface area (Å²) in [6.45, 7) is 2.31. The van der Waals surface area contributed by atoms with Gasteiger partial charge in [-0.05, 0) is 55.9 Å². The number of nitrogens with zero attached hydrogens (tertiary/aromatic N) is 1. The summed E-state index contributed by atoms with van der Waals surface area (Å²) in [5, 5.41) is 2.74. The maximum Gasteiger partial charge on any atom is 0.241 e. The van der Waals surface area contributed by atoms with E-state index in [9.17, 15) is 13.6 Å². The first-order chi connectivity index (χ1) is 10.5. The monoisotopic (exact) mass is 304 g/mol. The fourth-order valence-corrected chi connectivity index (χ4v) is 1.99. The normalized spacial score (nSPS) is 12.2. The number of carbonyl (C=O) groups excluding carboxylic acids is 1. The third kappa shape index (κ3) is 4.36. The van der Waals surface area contributed by atoms with Gasteiger partial charge in [-0.1, -0.05) is 12.1 Å². The molecule has 116 valence electrons.